The molecule has 0 fully saturated rings. The number of rotatable bonds is 5. The molecule has 6 nitrogen and oxygen atoms in total. The van der Waals surface area contributed by atoms with E-state index in [0.29, 0.717) is 17.8 Å². The molecule has 1 aliphatic carbocycles. The van der Waals surface area contributed by atoms with Crippen molar-refractivity contribution in [3.05, 3.63) is 57.0 Å². The van der Waals surface area contributed by atoms with E-state index in [1.54, 1.807) is 18.4 Å². The van der Waals surface area contributed by atoms with Gasteiger partial charge >= 0.3 is 0 Å². The monoisotopic (exact) mass is 397 g/mol. The molecule has 1 atom stereocenters. The fraction of sp³-hybridized carbons (Fsp3) is 0.381. The fourth-order valence-corrected chi connectivity index (χ4v) is 5.01. The van der Waals surface area contributed by atoms with Gasteiger partial charge in [0, 0.05) is 11.4 Å². The van der Waals surface area contributed by atoms with E-state index in [1.165, 1.54) is 15.8 Å². The van der Waals surface area contributed by atoms with Crippen LogP contribution < -0.4 is 15.6 Å². The van der Waals surface area contributed by atoms with Crippen LogP contribution in [0.5, 0.6) is 5.75 Å². The first-order valence-electron chi connectivity index (χ1n) is 9.44. The van der Waals surface area contributed by atoms with Gasteiger partial charge in [-0.15, -0.1) is 11.3 Å². The second-order valence-corrected chi connectivity index (χ2v) is 8.42. The second-order valence-electron chi connectivity index (χ2n) is 7.34. The second kappa shape index (κ2) is 7.75. The maximum atomic E-state index is 13.0. The van der Waals surface area contributed by atoms with E-state index in [2.05, 4.69) is 17.2 Å². The Morgan fingerprint density at radius 3 is 3.11 bits per heavy atom. The average molecular weight is 398 g/mol. The maximum Gasteiger partial charge on any atom is 0.262 e. The number of methoxy groups -OCH3 is 1. The molecule has 0 saturated heterocycles. The highest BCUT2D eigenvalue weighted by molar-refractivity contribution is 7.18. The summed E-state index contributed by atoms with van der Waals surface area (Å²) in [6, 6.07) is 7.53. The molecule has 146 valence electrons. The Hall–Kier alpha value is -2.67. The summed E-state index contributed by atoms with van der Waals surface area (Å²) in [5, 5.41) is 3.56. The van der Waals surface area contributed by atoms with Crippen molar-refractivity contribution < 1.29 is 9.53 Å². The van der Waals surface area contributed by atoms with Gasteiger partial charge in [-0.25, -0.2) is 4.98 Å². The zero-order valence-corrected chi connectivity index (χ0v) is 16.8. The summed E-state index contributed by atoms with van der Waals surface area (Å²) in [4.78, 5) is 31.9. The standard InChI is InChI=1S/C21H23N3O3S/c1-13-6-7-16-17(8-13)28-20-19(16)21(26)24(12-23-20)11-18(25)22-10-14-4-3-5-15(9-14)27-2/h3-5,9,12-13H,6-8,10-11H2,1-2H3,(H,22,25)/t13-/m0/s1. The first-order chi connectivity index (χ1) is 13.5. The van der Waals surface area contributed by atoms with E-state index in [-0.39, 0.29) is 18.0 Å². The SMILES string of the molecule is COc1cccc(CNC(=O)Cn2cnc3sc4c(c3c2=O)CC[C@H](C)C4)c1. The molecular weight excluding hydrogens is 374 g/mol. The molecule has 3 aromatic rings. The molecule has 1 amide bonds. The highest BCUT2D eigenvalue weighted by Crippen LogP contribution is 2.35. The molecule has 1 aromatic carbocycles. The van der Waals surface area contributed by atoms with Gasteiger partial charge < -0.3 is 10.1 Å². The number of amides is 1. The lowest BCUT2D eigenvalue weighted by molar-refractivity contribution is -0.121. The van der Waals surface area contributed by atoms with Crippen LogP contribution in [0, 0.1) is 5.92 Å². The number of aryl methyl sites for hydroxylation is 1. The summed E-state index contributed by atoms with van der Waals surface area (Å²) in [6.45, 7) is 2.59. The number of carbonyl (C=O) groups is 1. The van der Waals surface area contributed by atoms with Gasteiger partial charge in [-0.3, -0.25) is 14.2 Å². The average Bonchev–Trinajstić information content (AvgIpc) is 3.07. The smallest absolute Gasteiger partial charge is 0.262 e. The Bertz CT molecular complexity index is 1090. The molecule has 0 radical (unpaired) electrons. The highest BCUT2D eigenvalue weighted by Gasteiger charge is 2.23. The lowest BCUT2D eigenvalue weighted by Crippen LogP contribution is -2.32. The summed E-state index contributed by atoms with van der Waals surface area (Å²) < 4.78 is 6.60. The topological polar surface area (TPSA) is 73.2 Å². The third kappa shape index (κ3) is 3.67. The van der Waals surface area contributed by atoms with Gasteiger partial charge in [-0.05, 0) is 48.4 Å². The Balaban J connectivity index is 1.50. The highest BCUT2D eigenvalue weighted by atomic mass is 32.1. The number of hydrogen-bond acceptors (Lipinski definition) is 5. The van der Waals surface area contributed by atoms with Crippen molar-refractivity contribution in [1.29, 1.82) is 0 Å². The van der Waals surface area contributed by atoms with E-state index in [4.69, 9.17) is 4.74 Å². The minimum absolute atomic E-state index is 0.0350. The van der Waals surface area contributed by atoms with E-state index < -0.39 is 0 Å². The zero-order valence-electron chi connectivity index (χ0n) is 16.0. The Kier molecular flexibility index (Phi) is 5.17. The van der Waals surface area contributed by atoms with Gasteiger partial charge in [-0.2, -0.15) is 0 Å². The van der Waals surface area contributed by atoms with Crippen molar-refractivity contribution in [3.8, 4) is 5.75 Å². The number of aromatic nitrogens is 2. The van der Waals surface area contributed by atoms with Crippen LogP contribution in [0.2, 0.25) is 0 Å². The number of benzene rings is 1. The van der Waals surface area contributed by atoms with Crippen molar-refractivity contribution >= 4 is 27.5 Å². The Labute approximate surface area is 167 Å². The van der Waals surface area contributed by atoms with Crippen LogP contribution in [-0.4, -0.2) is 22.6 Å². The normalized spacial score (nSPS) is 16.0. The molecule has 2 aromatic heterocycles. The number of hydrogen-bond donors (Lipinski definition) is 1. The fourth-order valence-electron chi connectivity index (χ4n) is 3.67. The van der Waals surface area contributed by atoms with E-state index in [0.717, 1.165) is 41.0 Å². The first kappa shape index (κ1) is 18.7. The number of thiophene rings is 1. The predicted octanol–water partition coefficient (Wildman–Crippen LogP) is 2.91. The van der Waals surface area contributed by atoms with Crippen LogP contribution in [0.25, 0.3) is 10.2 Å². The third-order valence-corrected chi connectivity index (χ3v) is 6.38. The number of nitrogens with zero attached hydrogens (tertiary/aromatic N) is 2. The van der Waals surface area contributed by atoms with E-state index >= 15 is 0 Å². The molecular formula is C21H23N3O3S. The molecule has 0 spiro atoms. The molecule has 1 N–H and O–H groups in total. The van der Waals surface area contributed by atoms with Crippen molar-refractivity contribution in [1.82, 2.24) is 14.9 Å². The molecule has 7 heteroatoms. The molecule has 0 bridgehead atoms. The van der Waals surface area contributed by atoms with Gasteiger partial charge in [0.25, 0.3) is 5.56 Å². The predicted molar refractivity (Wildman–Crippen MR) is 110 cm³/mol. The molecule has 2 heterocycles. The molecule has 0 aliphatic heterocycles. The van der Waals surface area contributed by atoms with Crippen LogP contribution >= 0.6 is 11.3 Å². The number of ether oxygens (including phenoxy) is 1. The molecule has 0 saturated carbocycles. The summed E-state index contributed by atoms with van der Waals surface area (Å²) in [5.74, 6) is 1.17. The van der Waals surface area contributed by atoms with Crippen LogP contribution in [-0.2, 0) is 30.7 Å². The van der Waals surface area contributed by atoms with Gasteiger partial charge in [0.15, 0.2) is 0 Å². The number of fused-ring (bicyclic) bond motifs is 3. The summed E-state index contributed by atoms with van der Waals surface area (Å²) in [5.41, 5.74) is 1.96. The quantitative estimate of drug-likeness (QED) is 0.718. The summed E-state index contributed by atoms with van der Waals surface area (Å²) in [6.07, 6.45) is 4.51. The zero-order chi connectivity index (χ0) is 19.7. The lowest BCUT2D eigenvalue weighted by Gasteiger charge is -2.17. The van der Waals surface area contributed by atoms with Crippen LogP contribution in [0.3, 0.4) is 0 Å². The van der Waals surface area contributed by atoms with Gasteiger partial charge in [0.2, 0.25) is 5.91 Å². The van der Waals surface area contributed by atoms with Gasteiger partial charge in [0.1, 0.15) is 17.1 Å². The van der Waals surface area contributed by atoms with E-state index in [1.807, 2.05) is 24.3 Å². The van der Waals surface area contributed by atoms with Gasteiger partial charge in [-0.1, -0.05) is 19.1 Å². The summed E-state index contributed by atoms with van der Waals surface area (Å²) >= 11 is 1.62. The van der Waals surface area contributed by atoms with Gasteiger partial charge in [0.05, 0.1) is 18.8 Å². The Morgan fingerprint density at radius 2 is 2.29 bits per heavy atom. The minimum atomic E-state index is -0.219. The molecule has 1 aliphatic rings. The Morgan fingerprint density at radius 1 is 1.43 bits per heavy atom. The first-order valence-corrected chi connectivity index (χ1v) is 10.3. The van der Waals surface area contributed by atoms with Crippen LogP contribution in [0.4, 0.5) is 0 Å². The van der Waals surface area contributed by atoms with Crippen molar-refractivity contribution in [2.45, 2.75) is 39.3 Å². The van der Waals surface area contributed by atoms with E-state index in [9.17, 15) is 9.59 Å². The number of carbonyl (C=O) groups excluding carboxylic acids is 1. The van der Waals surface area contributed by atoms with Crippen molar-refractivity contribution in [2.75, 3.05) is 7.11 Å². The molecule has 28 heavy (non-hydrogen) atoms. The largest absolute Gasteiger partial charge is 0.497 e. The molecule has 4 rings (SSSR count). The lowest BCUT2D eigenvalue weighted by atomic mass is 9.89. The number of nitrogens with one attached hydrogen (secondary N) is 1. The van der Waals surface area contributed by atoms with Crippen LogP contribution in [0.15, 0.2) is 35.4 Å². The summed E-state index contributed by atoms with van der Waals surface area (Å²) in [7, 11) is 1.61. The molecule has 0 unspecified atom stereocenters. The van der Waals surface area contributed by atoms with Crippen molar-refractivity contribution in [3.63, 3.8) is 0 Å². The third-order valence-electron chi connectivity index (χ3n) is 5.22. The van der Waals surface area contributed by atoms with Crippen molar-refractivity contribution in [2.24, 2.45) is 5.92 Å². The van der Waals surface area contributed by atoms with Crippen LogP contribution in [0.1, 0.15) is 29.3 Å². The maximum absolute atomic E-state index is 13.0. The minimum Gasteiger partial charge on any atom is -0.497 e.